The molecule has 2 aromatic rings. The molecule has 0 aliphatic rings. The second kappa shape index (κ2) is 11.8. The minimum Gasteiger partial charge on any atom is -0.468 e. The van der Waals surface area contributed by atoms with Crippen molar-refractivity contribution < 1.29 is 22.7 Å². The molecule has 3 N–H and O–H groups in total. The molecule has 10 heteroatoms. The number of aliphatic imine (C=N–C) groups is 1. The van der Waals surface area contributed by atoms with Gasteiger partial charge in [-0.1, -0.05) is 18.2 Å². The van der Waals surface area contributed by atoms with Gasteiger partial charge in [0.15, 0.2) is 12.6 Å². The summed E-state index contributed by atoms with van der Waals surface area (Å²) in [7, 11) is 1.59. The molecule has 0 unspecified atom stereocenters. The molecule has 168 valence electrons. The number of nitrogens with zero attached hydrogens (tertiary/aromatic N) is 2. The second-order valence-corrected chi connectivity index (χ2v) is 6.56. The molecule has 31 heavy (non-hydrogen) atoms. The SMILES string of the molecule is CCNC(=NCc1ccc(OCC(F)(F)F)nc1)NCCc1cccc(C(=O)NC)c1. The van der Waals surface area contributed by atoms with Crippen LogP contribution in [0.4, 0.5) is 13.2 Å². The summed E-state index contributed by atoms with van der Waals surface area (Å²) in [6, 6.07) is 10.4. The van der Waals surface area contributed by atoms with Crippen LogP contribution in [0, 0.1) is 0 Å². The zero-order valence-electron chi connectivity index (χ0n) is 17.4. The van der Waals surface area contributed by atoms with Crippen molar-refractivity contribution in [2.24, 2.45) is 4.99 Å². The maximum absolute atomic E-state index is 12.2. The topological polar surface area (TPSA) is 87.6 Å². The van der Waals surface area contributed by atoms with Gasteiger partial charge in [0.2, 0.25) is 5.88 Å². The van der Waals surface area contributed by atoms with Crippen LogP contribution in [0.1, 0.15) is 28.4 Å². The summed E-state index contributed by atoms with van der Waals surface area (Å²) in [4.78, 5) is 20.1. The maximum Gasteiger partial charge on any atom is 0.422 e. The van der Waals surface area contributed by atoms with Gasteiger partial charge in [-0.15, -0.1) is 0 Å². The number of hydrogen-bond acceptors (Lipinski definition) is 4. The summed E-state index contributed by atoms with van der Waals surface area (Å²) < 4.78 is 41.1. The number of amides is 1. The lowest BCUT2D eigenvalue weighted by Crippen LogP contribution is -2.38. The lowest BCUT2D eigenvalue weighted by Gasteiger charge is -2.12. The number of nitrogens with one attached hydrogen (secondary N) is 3. The number of halogens is 3. The smallest absolute Gasteiger partial charge is 0.422 e. The van der Waals surface area contributed by atoms with Crippen molar-refractivity contribution in [1.82, 2.24) is 20.9 Å². The van der Waals surface area contributed by atoms with Crippen LogP contribution in [-0.2, 0) is 13.0 Å². The number of alkyl halides is 3. The average Bonchev–Trinajstić information content (AvgIpc) is 2.76. The fraction of sp³-hybridized carbons (Fsp3) is 0.381. The molecule has 1 heterocycles. The Kier molecular flexibility index (Phi) is 9.11. The van der Waals surface area contributed by atoms with Gasteiger partial charge in [-0.25, -0.2) is 9.98 Å². The number of aromatic nitrogens is 1. The Balaban J connectivity index is 1.88. The van der Waals surface area contributed by atoms with Gasteiger partial charge >= 0.3 is 6.18 Å². The molecular formula is C21H26F3N5O2. The van der Waals surface area contributed by atoms with Crippen molar-refractivity contribution >= 4 is 11.9 Å². The summed E-state index contributed by atoms with van der Waals surface area (Å²) in [5, 5.41) is 8.95. The van der Waals surface area contributed by atoms with Crippen molar-refractivity contribution in [2.45, 2.75) is 26.1 Å². The highest BCUT2D eigenvalue weighted by Gasteiger charge is 2.28. The van der Waals surface area contributed by atoms with Crippen LogP contribution in [0.2, 0.25) is 0 Å². The van der Waals surface area contributed by atoms with Crippen molar-refractivity contribution in [3.8, 4) is 5.88 Å². The number of guanidine groups is 1. The van der Waals surface area contributed by atoms with Crippen LogP contribution in [0.5, 0.6) is 5.88 Å². The first kappa shape index (κ1) is 24.0. The van der Waals surface area contributed by atoms with Crippen LogP contribution in [-0.4, -0.2) is 49.8 Å². The van der Waals surface area contributed by atoms with E-state index in [1.165, 1.54) is 12.3 Å². The molecule has 0 bridgehead atoms. The summed E-state index contributed by atoms with van der Waals surface area (Å²) in [5.74, 6) is 0.379. The van der Waals surface area contributed by atoms with Gasteiger partial charge in [-0.2, -0.15) is 13.2 Å². The Morgan fingerprint density at radius 1 is 1.16 bits per heavy atom. The zero-order chi connectivity index (χ0) is 22.7. The van der Waals surface area contributed by atoms with Crippen molar-refractivity contribution in [3.05, 3.63) is 59.3 Å². The monoisotopic (exact) mass is 437 g/mol. The Morgan fingerprint density at radius 2 is 1.97 bits per heavy atom. The fourth-order valence-corrected chi connectivity index (χ4v) is 2.60. The molecule has 0 saturated heterocycles. The lowest BCUT2D eigenvalue weighted by molar-refractivity contribution is -0.154. The number of carbonyl (C=O) groups excluding carboxylic acids is 1. The molecule has 0 radical (unpaired) electrons. The third kappa shape index (κ3) is 8.93. The van der Waals surface area contributed by atoms with Gasteiger partial charge in [-0.3, -0.25) is 4.79 Å². The molecule has 0 saturated carbocycles. The van der Waals surface area contributed by atoms with E-state index in [0.29, 0.717) is 37.6 Å². The van der Waals surface area contributed by atoms with Crippen molar-refractivity contribution in [3.63, 3.8) is 0 Å². The first-order chi connectivity index (χ1) is 14.8. The summed E-state index contributed by atoms with van der Waals surface area (Å²) in [5.41, 5.74) is 2.36. The quantitative estimate of drug-likeness (QED) is 0.415. The first-order valence-corrected chi connectivity index (χ1v) is 9.78. The van der Waals surface area contributed by atoms with E-state index in [0.717, 1.165) is 11.1 Å². The van der Waals surface area contributed by atoms with Crippen LogP contribution in [0.3, 0.4) is 0 Å². The van der Waals surface area contributed by atoms with Gasteiger partial charge in [0.25, 0.3) is 5.91 Å². The largest absolute Gasteiger partial charge is 0.468 e. The Labute approximate surface area is 179 Å². The normalized spacial score (nSPS) is 11.7. The predicted octanol–water partition coefficient (Wildman–Crippen LogP) is 2.68. The molecule has 1 aromatic carbocycles. The Morgan fingerprint density at radius 3 is 2.61 bits per heavy atom. The number of carbonyl (C=O) groups is 1. The van der Waals surface area contributed by atoms with E-state index < -0.39 is 12.8 Å². The highest BCUT2D eigenvalue weighted by molar-refractivity contribution is 5.94. The number of rotatable bonds is 9. The third-order valence-corrected chi connectivity index (χ3v) is 4.07. The highest BCUT2D eigenvalue weighted by atomic mass is 19.4. The number of ether oxygens (including phenoxy) is 1. The Hall–Kier alpha value is -3.30. The molecular weight excluding hydrogens is 411 g/mol. The maximum atomic E-state index is 12.2. The van der Waals surface area contributed by atoms with Gasteiger partial charge in [0, 0.05) is 38.0 Å². The van der Waals surface area contributed by atoms with Crippen molar-refractivity contribution in [2.75, 3.05) is 26.7 Å². The molecule has 0 aliphatic carbocycles. The van der Waals surface area contributed by atoms with E-state index in [-0.39, 0.29) is 11.8 Å². The van der Waals surface area contributed by atoms with E-state index in [9.17, 15) is 18.0 Å². The van der Waals surface area contributed by atoms with Gasteiger partial charge in [0.1, 0.15) is 0 Å². The number of hydrogen-bond donors (Lipinski definition) is 3. The fourth-order valence-electron chi connectivity index (χ4n) is 2.60. The van der Waals surface area contributed by atoms with E-state index in [1.54, 1.807) is 19.2 Å². The van der Waals surface area contributed by atoms with Gasteiger partial charge in [0.05, 0.1) is 6.54 Å². The minimum absolute atomic E-state index is 0.0888. The highest BCUT2D eigenvalue weighted by Crippen LogP contribution is 2.17. The molecule has 0 atom stereocenters. The van der Waals surface area contributed by atoms with Crippen LogP contribution >= 0.6 is 0 Å². The van der Waals surface area contributed by atoms with Crippen molar-refractivity contribution in [1.29, 1.82) is 0 Å². The second-order valence-electron chi connectivity index (χ2n) is 6.56. The summed E-state index contributed by atoms with van der Waals surface area (Å²) in [6.45, 7) is 2.14. The predicted molar refractivity (Wildman–Crippen MR) is 112 cm³/mol. The van der Waals surface area contributed by atoms with Crippen LogP contribution in [0.25, 0.3) is 0 Å². The zero-order valence-corrected chi connectivity index (χ0v) is 17.4. The van der Waals surface area contributed by atoms with Crippen LogP contribution in [0.15, 0.2) is 47.6 Å². The molecule has 0 aliphatic heterocycles. The van der Waals surface area contributed by atoms with Gasteiger partial charge in [-0.05, 0) is 36.6 Å². The molecule has 7 nitrogen and oxygen atoms in total. The third-order valence-electron chi connectivity index (χ3n) is 4.07. The molecule has 0 spiro atoms. The molecule has 2 rings (SSSR count). The Bertz CT molecular complexity index is 870. The standard InChI is InChI=1S/C21H26F3N5O2/c1-3-26-20(27-10-9-15-5-4-6-17(11-15)19(30)25-2)29-13-16-7-8-18(28-12-16)31-14-21(22,23)24/h4-8,11-12H,3,9-10,13-14H2,1-2H3,(H,25,30)(H2,26,27,29). The molecule has 1 aromatic heterocycles. The average molecular weight is 437 g/mol. The summed E-state index contributed by atoms with van der Waals surface area (Å²) >= 11 is 0. The van der Waals surface area contributed by atoms with E-state index in [2.05, 4.69) is 30.7 Å². The van der Waals surface area contributed by atoms with E-state index in [1.807, 2.05) is 25.1 Å². The van der Waals surface area contributed by atoms with Gasteiger partial charge < -0.3 is 20.7 Å². The molecule has 0 fully saturated rings. The minimum atomic E-state index is -4.40. The van der Waals surface area contributed by atoms with E-state index in [4.69, 9.17) is 0 Å². The first-order valence-electron chi connectivity index (χ1n) is 9.78. The molecule has 1 amide bonds. The van der Waals surface area contributed by atoms with E-state index >= 15 is 0 Å². The number of pyridine rings is 1. The summed E-state index contributed by atoms with van der Waals surface area (Å²) in [6.07, 6.45) is -2.27. The lowest BCUT2D eigenvalue weighted by atomic mass is 10.1. The van der Waals surface area contributed by atoms with Crippen LogP contribution < -0.4 is 20.7 Å². The number of benzene rings is 1.